The molecule has 0 amide bonds. The Morgan fingerprint density at radius 1 is 1.17 bits per heavy atom. The predicted octanol–water partition coefficient (Wildman–Crippen LogP) is 2.59. The molecule has 2 aliphatic rings. The maximum Gasteiger partial charge on any atom is 0.0639 e. The van der Waals surface area contributed by atoms with Gasteiger partial charge in [-0.3, -0.25) is 0 Å². The monoisotopic (exact) mass is 255 g/mol. The lowest BCUT2D eigenvalue weighted by Crippen LogP contribution is -2.44. The van der Waals surface area contributed by atoms with Gasteiger partial charge in [-0.05, 0) is 44.9 Å². The Bertz CT molecular complexity index is 247. The smallest absolute Gasteiger partial charge is 0.0639 e. The second kappa shape index (κ2) is 6.36. The van der Waals surface area contributed by atoms with Crippen molar-refractivity contribution in [3.8, 4) is 0 Å². The molecular formula is C15H29NO2. The fourth-order valence-electron chi connectivity index (χ4n) is 3.50. The summed E-state index contributed by atoms with van der Waals surface area (Å²) in [4.78, 5) is 0. The molecule has 0 aromatic rings. The Morgan fingerprint density at radius 3 is 2.44 bits per heavy atom. The van der Waals surface area contributed by atoms with Crippen molar-refractivity contribution in [2.24, 2.45) is 11.8 Å². The van der Waals surface area contributed by atoms with E-state index >= 15 is 0 Å². The molecule has 1 N–H and O–H groups in total. The Hall–Kier alpha value is -0.120. The molecule has 0 bridgehead atoms. The standard InChI is InChI=1S/C15H29NO2/c1-10(2)15-13(5-6-17-15)9-16-14-7-11(3)18-12(4)8-14/h10-16H,5-9H2,1-4H3/t11-,12+,13-,14?,15-/m1/s1. The molecule has 0 spiro atoms. The fraction of sp³-hybridized carbons (Fsp3) is 1.00. The summed E-state index contributed by atoms with van der Waals surface area (Å²) in [5, 5.41) is 3.75. The first kappa shape index (κ1) is 14.3. The van der Waals surface area contributed by atoms with Crippen LogP contribution in [0.25, 0.3) is 0 Å². The summed E-state index contributed by atoms with van der Waals surface area (Å²) in [7, 11) is 0. The molecule has 18 heavy (non-hydrogen) atoms. The molecule has 0 aromatic heterocycles. The molecule has 2 rings (SSSR count). The van der Waals surface area contributed by atoms with Gasteiger partial charge in [0.05, 0.1) is 18.3 Å². The minimum atomic E-state index is 0.395. The van der Waals surface area contributed by atoms with E-state index in [1.54, 1.807) is 0 Å². The zero-order valence-corrected chi connectivity index (χ0v) is 12.3. The van der Waals surface area contributed by atoms with Gasteiger partial charge in [0.2, 0.25) is 0 Å². The second-order valence-electron chi connectivity index (χ2n) is 6.46. The Morgan fingerprint density at radius 2 is 1.83 bits per heavy atom. The maximum absolute atomic E-state index is 5.84. The third kappa shape index (κ3) is 3.69. The highest BCUT2D eigenvalue weighted by Gasteiger charge is 2.32. The van der Waals surface area contributed by atoms with Crippen molar-refractivity contribution >= 4 is 0 Å². The summed E-state index contributed by atoms with van der Waals surface area (Å²) in [6.07, 6.45) is 4.74. The zero-order chi connectivity index (χ0) is 13.1. The van der Waals surface area contributed by atoms with Gasteiger partial charge in [0.25, 0.3) is 0 Å². The first-order valence-corrected chi connectivity index (χ1v) is 7.56. The van der Waals surface area contributed by atoms with E-state index in [-0.39, 0.29) is 0 Å². The summed E-state index contributed by atoms with van der Waals surface area (Å²) in [5.41, 5.74) is 0. The lowest BCUT2D eigenvalue weighted by molar-refractivity contribution is -0.0430. The highest BCUT2D eigenvalue weighted by atomic mass is 16.5. The third-order valence-corrected chi connectivity index (χ3v) is 4.29. The average molecular weight is 255 g/mol. The molecular weight excluding hydrogens is 226 g/mol. The van der Waals surface area contributed by atoms with Crippen LogP contribution < -0.4 is 5.32 Å². The van der Waals surface area contributed by atoms with Gasteiger partial charge in [-0.1, -0.05) is 13.8 Å². The molecule has 3 nitrogen and oxygen atoms in total. The van der Waals surface area contributed by atoms with Crippen LogP contribution in [0.15, 0.2) is 0 Å². The number of ether oxygens (including phenoxy) is 2. The minimum absolute atomic E-state index is 0.395. The average Bonchev–Trinajstić information content (AvgIpc) is 2.73. The molecule has 0 aliphatic carbocycles. The summed E-state index contributed by atoms with van der Waals surface area (Å²) in [6.45, 7) is 10.9. The quantitative estimate of drug-likeness (QED) is 0.837. The Balaban J connectivity index is 1.77. The van der Waals surface area contributed by atoms with Crippen molar-refractivity contribution in [2.75, 3.05) is 13.2 Å². The normalized spacial score (nSPS) is 41.5. The SMILES string of the molecule is CC(C)[C@H]1OCC[C@@H]1CNC1C[C@@H](C)O[C@@H](C)C1. The van der Waals surface area contributed by atoms with Gasteiger partial charge in [-0.15, -0.1) is 0 Å². The van der Waals surface area contributed by atoms with Gasteiger partial charge in [0, 0.05) is 19.2 Å². The molecule has 3 heteroatoms. The van der Waals surface area contributed by atoms with E-state index in [2.05, 4.69) is 33.0 Å². The van der Waals surface area contributed by atoms with Gasteiger partial charge in [-0.25, -0.2) is 0 Å². The van der Waals surface area contributed by atoms with Crippen LogP contribution in [0, 0.1) is 11.8 Å². The van der Waals surface area contributed by atoms with E-state index in [1.807, 2.05) is 0 Å². The lowest BCUT2D eigenvalue weighted by atomic mass is 9.92. The predicted molar refractivity (Wildman–Crippen MR) is 73.7 cm³/mol. The van der Waals surface area contributed by atoms with Gasteiger partial charge < -0.3 is 14.8 Å². The van der Waals surface area contributed by atoms with Gasteiger partial charge >= 0.3 is 0 Å². The van der Waals surface area contributed by atoms with E-state index in [0.29, 0.717) is 36.2 Å². The van der Waals surface area contributed by atoms with Crippen LogP contribution in [0.4, 0.5) is 0 Å². The molecule has 1 unspecified atom stereocenters. The van der Waals surface area contributed by atoms with E-state index in [9.17, 15) is 0 Å². The van der Waals surface area contributed by atoms with Crippen LogP contribution in [0.2, 0.25) is 0 Å². The van der Waals surface area contributed by atoms with Gasteiger partial charge in [0.1, 0.15) is 0 Å². The number of nitrogens with one attached hydrogen (secondary N) is 1. The number of hydrogen-bond donors (Lipinski definition) is 1. The van der Waals surface area contributed by atoms with Gasteiger partial charge in [0.15, 0.2) is 0 Å². The largest absolute Gasteiger partial charge is 0.378 e. The third-order valence-electron chi connectivity index (χ3n) is 4.29. The van der Waals surface area contributed by atoms with Crippen LogP contribution in [-0.4, -0.2) is 37.5 Å². The van der Waals surface area contributed by atoms with Crippen LogP contribution in [-0.2, 0) is 9.47 Å². The molecule has 2 fully saturated rings. The van der Waals surface area contributed by atoms with E-state index in [0.717, 1.165) is 26.0 Å². The van der Waals surface area contributed by atoms with Crippen molar-refractivity contribution in [2.45, 2.75) is 71.3 Å². The van der Waals surface area contributed by atoms with Crippen LogP contribution in [0.3, 0.4) is 0 Å². The fourth-order valence-corrected chi connectivity index (χ4v) is 3.50. The summed E-state index contributed by atoms with van der Waals surface area (Å²) >= 11 is 0. The molecule has 5 atom stereocenters. The Kier molecular flexibility index (Phi) is 5.05. The molecule has 2 heterocycles. The van der Waals surface area contributed by atoms with Crippen molar-refractivity contribution in [3.63, 3.8) is 0 Å². The highest BCUT2D eigenvalue weighted by molar-refractivity contribution is 4.84. The van der Waals surface area contributed by atoms with E-state index in [1.165, 1.54) is 6.42 Å². The topological polar surface area (TPSA) is 30.5 Å². The van der Waals surface area contributed by atoms with Crippen molar-refractivity contribution in [1.29, 1.82) is 0 Å². The van der Waals surface area contributed by atoms with E-state index in [4.69, 9.17) is 9.47 Å². The van der Waals surface area contributed by atoms with Crippen LogP contribution in [0.1, 0.15) is 47.0 Å². The molecule has 0 aromatic carbocycles. The second-order valence-corrected chi connectivity index (χ2v) is 6.46. The summed E-state index contributed by atoms with van der Waals surface area (Å²) in [6, 6.07) is 0.622. The molecule has 2 aliphatic heterocycles. The van der Waals surface area contributed by atoms with E-state index < -0.39 is 0 Å². The Labute approximate surface area is 112 Å². The van der Waals surface area contributed by atoms with Crippen LogP contribution in [0.5, 0.6) is 0 Å². The minimum Gasteiger partial charge on any atom is -0.378 e. The maximum atomic E-state index is 5.84. The highest BCUT2D eigenvalue weighted by Crippen LogP contribution is 2.27. The van der Waals surface area contributed by atoms with Crippen molar-refractivity contribution in [1.82, 2.24) is 5.32 Å². The first-order valence-electron chi connectivity index (χ1n) is 7.56. The van der Waals surface area contributed by atoms with Gasteiger partial charge in [-0.2, -0.15) is 0 Å². The number of rotatable bonds is 4. The molecule has 0 radical (unpaired) electrons. The van der Waals surface area contributed by atoms with Crippen molar-refractivity contribution < 1.29 is 9.47 Å². The number of hydrogen-bond acceptors (Lipinski definition) is 3. The molecule has 106 valence electrons. The molecule has 0 saturated carbocycles. The van der Waals surface area contributed by atoms with Crippen molar-refractivity contribution in [3.05, 3.63) is 0 Å². The first-order chi connectivity index (χ1) is 8.56. The lowest BCUT2D eigenvalue weighted by Gasteiger charge is -2.34. The zero-order valence-electron chi connectivity index (χ0n) is 12.3. The summed E-state index contributed by atoms with van der Waals surface area (Å²) in [5.74, 6) is 1.32. The summed E-state index contributed by atoms with van der Waals surface area (Å²) < 4.78 is 11.6. The van der Waals surface area contributed by atoms with Crippen LogP contribution >= 0.6 is 0 Å². The molecule has 2 saturated heterocycles.